The number of ether oxygens (including phenoxy) is 1. The van der Waals surface area contributed by atoms with Gasteiger partial charge in [-0.25, -0.2) is 0 Å². The van der Waals surface area contributed by atoms with E-state index in [0.29, 0.717) is 12.2 Å². The van der Waals surface area contributed by atoms with E-state index in [1.165, 1.54) is 0 Å². The minimum atomic E-state index is 0.0770. The fourth-order valence-corrected chi connectivity index (χ4v) is 1.41. The zero-order valence-corrected chi connectivity index (χ0v) is 9.90. The SMILES string of the molecule is CCCCC(=O)/C(=C\c1ccccc1)OC. The first kappa shape index (κ1) is 12.5. The second kappa shape index (κ2) is 6.83. The van der Waals surface area contributed by atoms with Crippen molar-refractivity contribution in [3.63, 3.8) is 0 Å². The van der Waals surface area contributed by atoms with Gasteiger partial charge in [-0.1, -0.05) is 43.7 Å². The molecule has 0 aromatic heterocycles. The predicted octanol–water partition coefficient (Wildman–Crippen LogP) is 3.43. The van der Waals surface area contributed by atoms with Gasteiger partial charge in [0.15, 0.2) is 11.5 Å². The highest BCUT2D eigenvalue weighted by atomic mass is 16.5. The van der Waals surface area contributed by atoms with E-state index < -0.39 is 0 Å². The molecule has 0 radical (unpaired) electrons. The summed E-state index contributed by atoms with van der Waals surface area (Å²) in [4.78, 5) is 11.7. The predicted molar refractivity (Wildman–Crippen MR) is 66.0 cm³/mol. The minimum Gasteiger partial charge on any atom is -0.493 e. The molecule has 86 valence electrons. The first-order valence-corrected chi connectivity index (χ1v) is 5.62. The van der Waals surface area contributed by atoms with Crippen LogP contribution in [0.1, 0.15) is 31.7 Å². The number of carbonyl (C=O) groups is 1. The number of Topliss-reactive ketones (excluding diaryl/α,β-unsaturated/α-hetero) is 1. The van der Waals surface area contributed by atoms with Crippen LogP contribution in [0.5, 0.6) is 0 Å². The van der Waals surface area contributed by atoms with Crippen LogP contribution < -0.4 is 0 Å². The number of benzene rings is 1. The summed E-state index contributed by atoms with van der Waals surface area (Å²) < 4.78 is 5.12. The topological polar surface area (TPSA) is 26.3 Å². The zero-order valence-electron chi connectivity index (χ0n) is 9.90. The summed E-state index contributed by atoms with van der Waals surface area (Å²) in [5, 5.41) is 0. The van der Waals surface area contributed by atoms with Crippen LogP contribution in [0.25, 0.3) is 6.08 Å². The molecule has 1 aromatic rings. The van der Waals surface area contributed by atoms with Crippen LogP contribution in [0.4, 0.5) is 0 Å². The largest absolute Gasteiger partial charge is 0.493 e. The highest BCUT2D eigenvalue weighted by molar-refractivity contribution is 5.97. The Hall–Kier alpha value is -1.57. The number of ketones is 1. The van der Waals surface area contributed by atoms with Crippen LogP contribution >= 0.6 is 0 Å². The van der Waals surface area contributed by atoms with Gasteiger partial charge in [0, 0.05) is 6.42 Å². The summed E-state index contributed by atoms with van der Waals surface area (Å²) in [5.41, 5.74) is 0.990. The second-order valence-corrected chi connectivity index (χ2v) is 3.65. The fraction of sp³-hybridized carbons (Fsp3) is 0.357. The van der Waals surface area contributed by atoms with Crippen molar-refractivity contribution in [3.8, 4) is 0 Å². The fourth-order valence-electron chi connectivity index (χ4n) is 1.41. The second-order valence-electron chi connectivity index (χ2n) is 3.65. The van der Waals surface area contributed by atoms with E-state index in [4.69, 9.17) is 4.74 Å². The molecular formula is C14H18O2. The molecule has 2 nitrogen and oxygen atoms in total. The highest BCUT2D eigenvalue weighted by Gasteiger charge is 2.08. The van der Waals surface area contributed by atoms with Crippen LogP contribution in [0.15, 0.2) is 36.1 Å². The number of carbonyl (C=O) groups excluding carboxylic acids is 1. The molecular weight excluding hydrogens is 200 g/mol. The molecule has 0 atom stereocenters. The summed E-state index contributed by atoms with van der Waals surface area (Å²) in [6.45, 7) is 2.07. The van der Waals surface area contributed by atoms with Gasteiger partial charge in [0.1, 0.15) is 0 Å². The number of rotatable bonds is 6. The Kier molecular flexibility index (Phi) is 5.34. The quantitative estimate of drug-likeness (QED) is 0.540. The van der Waals surface area contributed by atoms with E-state index in [0.717, 1.165) is 18.4 Å². The molecule has 0 aliphatic rings. The summed E-state index contributed by atoms with van der Waals surface area (Å²) >= 11 is 0. The number of unbranched alkanes of at least 4 members (excludes halogenated alkanes) is 1. The van der Waals surface area contributed by atoms with Gasteiger partial charge >= 0.3 is 0 Å². The van der Waals surface area contributed by atoms with Gasteiger partial charge in [-0.05, 0) is 18.1 Å². The lowest BCUT2D eigenvalue weighted by molar-refractivity contribution is -0.118. The molecule has 0 N–H and O–H groups in total. The number of methoxy groups -OCH3 is 1. The Morgan fingerprint density at radius 3 is 2.56 bits per heavy atom. The summed E-state index contributed by atoms with van der Waals surface area (Å²) in [6.07, 6.45) is 4.28. The lowest BCUT2D eigenvalue weighted by Gasteiger charge is -2.04. The lowest BCUT2D eigenvalue weighted by atomic mass is 10.1. The molecule has 0 aliphatic carbocycles. The zero-order chi connectivity index (χ0) is 11.8. The van der Waals surface area contributed by atoms with Gasteiger partial charge in [-0.2, -0.15) is 0 Å². The van der Waals surface area contributed by atoms with Crippen LogP contribution in [0.2, 0.25) is 0 Å². The van der Waals surface area contributed by atoms with Gasteiger partial charge in [0.2, 0.25) is 0 Å². The van der Waals surface area contributed by atoms with E-state index in [1.807, 2.05) is 30.3 Å². The van der Waals surface area contributed by atoms with Gasteiger partial charge in [-0.3, -0.25) is 4.79 Å². The average molecular weight is 218 g/mol. The van der Waals surface area contributed by atoms with Gasteiger partial charge < -0.3 is 4.74 Å². The van der Waals surface area contributed by atoms with Crippen molar-refractivity contribution >= 4 is 11.9 Å². The van der Waals surface area contributed by atoms with Crippen molar-refractivity contribution in [1.82, 2.24) is 0 Å². The Morgan fingerprint density at radius 1 is 1.31 bits per heavy atom. The van der Waals surface area contributed by atoms with Crippen LogP contribution in [0.3, 0.4) is 0 Å². The third kappa shape index (κ3) is 3.89. The Labute approximate surface area is 96.9 Å². The van der Waals surface area contributed by atoms with Crippen molar-refractivity contribution in [3.05, 3.63) is 41.7 Å². The van der Waals surface area contributed by atoms with Crippen molar-refractivity contribution in [2.45, 2.75) is 26.2 Å². The number of hydrogen-bond acceptors (Lipinski definition) is 2. The van der Waals surface area contributed by atoms with E-state index >= 15 is 0 Å². The smallest absolute Gasteiger partial charge is 0.197 e. The van der Waals surface area contributed by atoms with Crippen molar-refractivity contribution in [2.24, 2.45) is 0 Å². The molecule has 0 saturated heterocycles. The summed E-state index contributed by atoms with van der Waals surface area (Å²) in [6, 6.07) is 9.73. The van der Waals surface area contributed by atoms with E-state index in [-0.39, 0.29) is 5.78 Å². The third-order valence-corrected chi connectivity index (χ3v) is 2.35. The monoisotopic (exact) mass is 218 g/mol. The molecule has 1 rings (SSSR count). The van der Waals surface area contributed by atoms with Crippen LogP contribution in [-0.4, -0.2) is 12.9 Å². The maximum Gasteiger partial charge on any atom is 0.197 e. The molecule has 0 amide bonds. The molecule has 0 bridgehead atoms. The van der Waals surface area contributed by atoms with E-state index in [1.54, 1.807) is 13.2 Å². The normalized spacial score (nSPS) is 11.2. The van der Waals surface area contributed by atoms with Crippen molar-refractivity contribution in [2.75, 3.05) is 7.11 Å². The van der Waals surface area contributed by atoms with Crippen molar-refractivity contribution < 1.29 is 9.53 Å². The summed E-state index contributed by atoms with van der Waals surface area (Å²) in [5.74, 6) is 0.521. The Bertz CT molecular complexity index is 352. The molecule has 0 saturated carbocycles. The Balaban J connectivity index is 2.74. The third-order valence-electron chi connectivity index (χ3n) is 2.35. The van der Waals surface area contributed by atoms with Crippen LogP contribution in [0, 0.1) is 0 Å². The molecule has 0 spiro atoms. The molecule has 1 aromatic carbocycles. The first-order valence-electron chi connectivity index (χ1n) is 5.62. The van der Waals surface area contributed by atoms with Gasteiger partial charge in [0.25, 0.3) is 0 Å². The first-order chi connectivity index (χ1) is 7.77. The maximum absolute atomic E-state index is 11.7. The Morgan fingerprint density at radius 2 is 2.00 bits per heavy atom. The number of allylic oxidation sites excluding steroid dienone is 1. The minimum absolute atomic E-state index is 0.0770. The van der Waals surface area contributed by atoms with Gasteiger partial charge in [-0.15, -0.1) is 0 Å². The van der Waals surface area contributed by atoms with E-state index in [9.17, 15) is 4.79 Å². The van der Waals surface area contributed by atoms with Crippen LogP contribution in [-0.2, 0) is 9.53 Å². The average Bonchev–Trinajstić information content (AvgIpc) is 2.34. The van der Waals surface area contributed by atoms with Gasteiger partial charge in [0.05, 0.1) is 7.11 Å². The molecule has 16 heavy (non-hydrogen) atoms. The van der Waals surface area contributed by atoms with E-state index in [2.05, 4.69) is 6.92 Å². The molecule has 0 heterocycles. The molecule has 2 heteroatoms. The molecule has 0 fully saturated rings. The standard InChI is InChI=1S/C14H18O2/c1-3-4-10-13(15)14(16-2)11-12-8-6-5-7-9-12/h5-9,11H,3-4,10H2,1-2H3/b14-11+. The maximum atomic E-state index is 11.7. The molecule has 0 unspecified atom stereocenters. The summed E-state index contributed by atoms with van der Waals surface area (Å²) in [7, 11) is 1.54. The highest BCUT2D eigenvalue weighted by Crippen LogP contribution is 2.11. The lowest BCUT2D eigenvalue weighted by Crippen LogP contribution is -2.04. The molecule has 0 aliphatic heterocycles. The number of hydrogen-bond donors (Lipinski definition) is 0. The van der Waals surface area contributed by atoms with Crippen molar-refractivity contribution in [1.29, 1.82) is 0 Å².